The van der Waals surface area contributed by atoms with Crippen molar-refractivity contribution < 1.29 is 0 Å². The second-order valence-corrected chi connectivity index (χ2v) is 4.16. The van der Waals surface area contributed by atoms with Gasteiger partial charge >= 0.3 is 0 Å². The molecule has 0 aromatic carbocycles. The maximum absolute atomic E-state index is 6.09. The lowest BCUT2D eigenvalue weighted by atomic mass is 10.4. The Labute approximate surface area is 106 Å². The third kappa shape index (κ3) is 1.71. The molecule has 3 rings (SSSR count). The fourth-order valence-corrected chi connectivity index (χ4v) is 1.95. The van der Waals surface area contributed by atoms with Gasteiger partial charge in [0.15, 0.2) is 4.77 Å². The molecule has 0 radical (unpaired) electrons. The van der Waals surface area contributed by atoms with E-state index in [-0.39, 0.29) is 0 Å². The van der Waals surface area contributed by atoms with Gasteiger partial charge in [-0.1, -0.05) is 11.6 Å². The second kappa shape index (κ2) is 3.90. The van der Waals surface area contributed by atoms with E-state index in [9.17, 15) is 0 Å². The third-order valence-electron chi connectivity index (χ3n) is 2.35. The quantitative estimate of drug-likeness (QED) is 0.686. The summed E-state index contributed by atoms with van der Waals surface area (Å²) >= 11 is 11.1. The summed E-state index contributed by atoms with van der Waals surface area (Å²) in [4.78, 5) is 15.0. The Morgan fingerprint density at radius 2 is 2.18 bits per heavy atom. The summed E-state index contributed by atoms with van der Waals surface area (Å²) in [5.41, 5.74) is 1.69. The molecule has 0 saturated heterocycles. The molecule has 0 bridgehead atoms. The maximum atomic E-state index is 6.09. The van der Waals surface area contributed by atoms with E-state index in [0.29, 0.717) is 15.6 Å². The van der Waals surface area contributed by atoms with E-state index in [2.05, 4.69) is 19.9 Å². The van der Waals surface area contributed by atoms with Crippen LogP contribution in [0, 0.1) is 4.77 Å². The van der Waals surface area contributed by atoms with Gasteiger partial charge in [-0.05, 0) is 18.3 Å². The molecule has 0 saturated carbocycles. The SMILES string of the molecule is S=c1ncc(Cl)c(-n2ccc3ncncc32)[nH]1. The molecule has 3 heterocycles. The molecule has 5 nitrogen and oxygen atoms in total. The molecule has 0 unspecified atom stereocenters. The summed E-state index contributed by atoms with van der Waals surface area (Å²) in [6.07, 6.45) is 6.59. The largest absolute Gasteiger partial charge is 0.315 e. The van der Waals surface area contributed by atoms with Crippen molar-refractivity contribution in [2.24, 2.45) is 0 Å². The van der Waals surface area contributed by atoms with Gasteiger partial charge in [0.05, 0.1) is 23.4 Å². The van der Waals surface area contributed by atoms with Crippen molar-refractivity contribution in [3.8, 4) is 5.82 Å². The Balaban J connectivity index is 2.34. The number of nitrogens with one attached hydrogen (secondary N) is 1. The minimum atomic E-state index is 0.378. The zero-order valence-electron chi connectivity index (χ0n) is 8.46. The number of hydrogen-bond acceptors (Lipinski definition) is 4. The summed E-state index contributed by atoms with van der Waals surface area (Å²) in [7, 11) is 0. The molecular formula is C10H6ClN5S. The summed E-state index contributed by atoms with van der Waals surface area (Å²) in [5.74, 6) is 0.663. The van der Waals surface area contributed by atoms with Crippen molar-refractivity contribution in [1.82, 2.24) is 24.5 Å². The minimum Gasteiger partial charge on any atom is -0.315 e. The monoisotopic (exact) mass is 263 g/mol. The lowest BCUT2D eigenvalue weighted by Crippen LogP contribution is -1.98. The number of aromatic nitrogens is 5. The standard InChI is InChI=1S/C10H6ClN5S/c11-6-3-13-10(17)15-9(6)16-2-1-7-8(16)4-12-5-14-7/h1-5H,(H,13,15,17). The first-order chi connectivity index (χ1) is 8.25. The Morgan fingerprint density at radius 1 is 1.29 bits per heavy atom. The first-order valence-electron chi connectivity index (χ1n) is 4.78. The van der Waals surface area contributed by atoms with Gasteiger partial charge in [0.2, 0.25) is 0 Å². The number of aromatic amines is 1. The summed E-state index contributed by atoms with van der Waals surface area (Å²) in [6.45, 7) is 0. The van der Waals surface area contributed by atoms with Crippen LogP contribution in [0.25, 0.3) is 16.9 Å². The van der Waals surface area contributed by atoms with Crippen LogP contribution in [0.3, 0.4) is 0 Å². The fraction of sp³-hybridized carbons (Fsp3) is 0. The van der Waals surface area contributed by atoms with E-state index < -0.39 is 0 Å². The zero-order chi connectivity index (χ0) is 11.8. The van der Waals surface area contributed by atoms with Crippen LogP contribution in [-0.2, 0) is 0 Å². The molecule has 0 fully saturated rings. The normalized spacial score (nSPS) is 10.9. The van der Waals surface area contributed by atoms with Gasteiger partial charge in [-0.15, -0.1) is 0 Å². The van der Waals surface area contributed by atoms with Crippen LogP contribution in [0.1, 0.15) is 0 Å². The van der Waals surface area contributed by atoms with Crippen LogP contribution < -0.4 is 0 Å². The van der Waals surface area contributed by atoms with Crippen molar-refractivity contribution in [3.63, 3.8) is 0 Å². The van der Waals surface area contributed by atoms with E-state index >= 15 is 0 Å². The van der Waals surface area contributed by atoms with Crippen molar-refractivity contribution >= 4 is 34.9 Å². The molecule has 17 heavy (non-hydrogen) atoms. The first-order valence-corrected chi connectivity index (χ1v) is 5.56. The molecule has 0 atom stereocenters. The first kappa shape index (κ1) is 10.4. The Morgan fingerprint density at radius 3 is 3.06 bits per heavy atom. The topological polar surface area (TPSA) is 59.4 Å². The fourth-order valence-electron chi connectivity index (χ4n) is 1.61. The average Bonchev–Trinajstić information content (AvgIpc) is 2.76. The Kier molecular flexibility index (Phi) is 2.38. The van der Waals surface area contributed by atoms with Gasteiger partial charge in [-0.2, -0.15) is 0 Å². The third-order valence-corrected chi connectivity index (χ3v) is 2.84. The molecule has 3 aromatic heterocycles. The molecule has 0 aliphatic carbocycles. The summed E-state index contributed by atoms with van der Waals surface area (Å²) in [5, 5.41) is 0.486. The second-order valence-electron chi connectivity index (χ2n) is 3.36. The molecule has 0 aliphatic rings. The van der Waals surface area contributed by atoms with Crippen molar-refractivity contribution in [2.75, 3.05) is 0 Å². The number of fused-ring (bicyclic) bond motifs is 1. The van der Waals surface area contributed by atoms with E-state index in [0.717, 1.165) is 11.0 Å². The maximum Gasteiger partial charge on any atom is 0.198 e. The van der Waals surface area contributed by atoms with E-state index in [1.54, 1.807) is 6.20 Å². The van der Waals surface area contributed by atoms with Crippen molar-refractivity contribution in [1.29, 1.82) is 0 Å². The van der Waals surface area contributed by atoms with Crippen molar-refractivity contribution in [2.45, 2.75) is 0 Å². The highest BCUT2D eigenvalue weighted by molar-refractivity contribution is 7.71. The lowest BCUT2D eigenvalue weighted by Gasteiger charge is -2.06. The molecular weight excluding hydrogens is 258 g/mol. The van der Waals surface area contributed by atoms with Crippen molar-refractivity contribution in [3.05, 3.63) is 40.8 Å². The Hall–Kier alpha value is -1.79. The number of halogens is 1. The van der Waals surface area contributed by atoms with Gasteiger partial charge in [0.25, 0.3) is 0 Å². The van der Waals surface area contributed by atoms with Gasteiger partial charge in [0, 0.05) is 6.20 Å². The van der Waals surface area contributed by atoms with Gasteiger partial charge in [-0.25, -0.2) is 15.0 Å². The number of H-pyrrole nitrogens is 1. The van der Waals surface area contributed by atoms with Crippen LogP contribution in [0.15, 0.2) is 31.0 Å². The van der Waals surface area contributed by atoms with Crippen LogP contribution in [-0.4, -0.2) is 24.5 Å². The van der Waals surface area contributed by atoms with Gasteiger partial charge in [-0.3, -0.25) is 4.57 Å². The van der Waals surface area contributed by atoms with Gasteiger partial charge < -0.3 is 4.98 Å². The number of nitrogens with zero attached hydrogens (tertiary/aromatic N) is 4. The molecule has 84 valence electrons. The van der Waals surface area contributed by atoms with E-state index in [1.807, 2.05) is 16.8 Å². The predicted octanol–water partition coefficient (Wildman–Crippen LogP) is 2.53. The average molecular weight is 264 g/mol. The number of hydrogen-bond donors (Lipinski definition) is 1. The smallest absolute Gasteiger partial charge is 0.198 e. The van der Waals surface area contributed by atoms with Crippen LogP contribution in [0.2, 0.25) is 5.02 Å². The highest BCUT2D eigenvalue weighted by Gasteiger charge is 2.08. The zero-order valence-corrected chi connectivity index (χ0v) is 10.0. The molecule has 1 N–H and O–H groups in total. The lowest BCUT2D eigenvalue weighted by molar-refractivity contribution is 0.993. The summed E-state index contributed by atoms with van der Waals surface area (Å²) in [6, 6.07) is 1.88. The highest BCUT2D eigenvalue weighted by atomic mass is 35.5. The Bertz CT molecular complexity index is 748. The summed E-state index contributed by atoms with van der Waals surface area (Å²) < 4.78 is 2.22. The van der Waals surface area contributed by atoms with Crippen LogP contribution in [0.4, 0.5) is 0 Å². The minimum absolute atomic E-state index is 0.378. The molecule has 7 heteroatoms. The van der Waals surface area contributed by atoms with Crippen LogP contribution >= 0.6 is 23.8 Å². The van der Waals surface area contributed by atoms with Gasteiger partial charge in [0.1, 0.15) is 17.2 Å². The molecule has 3 aromatic rings. The molecule has 0 amide bonds. The van der Waals surface area contributed by atoms with Crippen LogP contribution in [0.5, 0.6) is 0 Å². The molecule has 0 aliphatic heterocycles. The highest BCUT2D eigenvalue weighted by Crippen LogP contribution is 2.21. The number of rotatable bonds is 1. The predicted molar refractivity (Wildman–Crippen MR) is 66.9 cm³/mol. The van der Waals surface area contributed by atoms with E-state index in [1.165, 1.54) is 12.5 Å². The molecule has 0 spiro atoms. The van der Waals surface area contributed by atoms with E-state index in [4.69, 9.17) is 23.8 Å².